The number of hydrogen-bond donors (Lipinski definition) is 1. The first-order valence-corrected chi connectivity index (χ1v) is 13.5. The first kappa shape index (κ1) is 27.7. The zero-order valence-electron chi connectivity index (χ0n) is 22.4. The second-order valence-corrected chi connectivity index (χ2v) is 10.1. The van der Waals surface area contributed by atoms with Gasteiger partial charge < -0.3 is 15.0 Å². The fraction of sp³-hybridized carbons (Fsp3) is 0.414. The lowest BCUT2D eigenvalue weighted by Crippen LogP contribution is -2.56. The SMILES string of the molecule is CCOC(=O)C1=C(CN2CCN(C(=O)c3ccccc3Cl)[C@@H](C)C2)N(CC)C(=O)N[C@H]1c1cccc(C)c1. The molecule has 1 fully saturated rings. The molecule has 0 radical (unpaired) electrons. The molecule has 3 amide bonds. The maximum Gasteiger partial charge on any atom is 0.338 e. The molecule has 202 valence electrons. The molecule has 2 aliphatic heterocycles. The molecule has 8 nitrogen and oxygen atoms in total. The zero-order chi connectivity index (χ0) is 27.4. The first-order chi connectivity index (χ1) is 18.2. The quantitative estimate of drug-likeness (QED) is 0.528. The fourth-order valence-corrected chi connectivity index (χ4v) is 5.45. The standard InChI is InChI=1S/C29H35ClN4O4/c1-5-33-24(18-32-14-15-34(20(4)17-32)27(35)22-12-7-8-13-23(22)30)25(28(36)38-6-2)26(31-29(33)37)21-11-9-10-19(3)16-21/h7-13,16,20,26H,5-6,14-15,17-18H2,1-4H3,(H,31,37)/t20-,26-/m0/s1. The number of carbonyl (C=O) groups is 3. The van der Waals surface area contributed by atoms with Gasteiger partial charge in [-0.05, 0) is 45.4 Å². The van der Waals surface area contributed by atoms with Gasteiger partial charge in [-0.3, -0.25) is 14.6 Å². The molecule has 4 rings (SSSR count). The molecule has 2 aliphatic rings. The van der Waals surface area contributed by atoms with Crippen molar-refractivity contribution in [3.8, 4) is 0 Å². The normalized spacial score (nSPS) is 20.4. The highest BCUT2D eigenvalue weighted by molar-refractivity contribution is 6.33. The Morgan fingerprint density at radius 2 is 1.87 bits per heavy atom. The number of carbonyl (C=O) groups excluding carboxylic acids is 3. The number of ether oxygens (including phenoxy) is 1. The van der Waals surface area contributed by atoms with E-state index in [0.717, 1.165) is 11.1 Å². The molecule has 1 N–H and O–H groups in total. The van der Waals surface area contributed by atoms with Gasteiger partial charge in [-0.1, -0.05) is 53.6 Å². The van der Waals surface area contributed by atoms with Crippen LogP contribution in [0.25, 0.3) is 0 Å². The minimum Gasteiger partial charge on any atom is -0.463 e. The Morgan fingerprint density at radius 1 is 1.11 bits per heavy atom. The second kappa shape index (κ2) is 12.0. The summed E-state index contributed by atoms with van der Waals surface area (Å²) in [6, 6.07) is 13.9. The van der Waals surface area contributed by atoms with Crippen LogP contribution in [0.3, 0.4) is 0 Å². The minimum absolute atomic E-state index is 0.0840. The van der Waals surface area contributed by atoms with Crippen LogP contribution in [-0.2, 0) is 9.53 Å². The van der Waals surface area contributed by atoms with Gasteiger partial charge in [0.2, 0.25) is 0 Å². The van der Waals surface area contributed by atoms with Gasteiger partial charge in [-0.25, -0.2) is 9.59 Å². The van der Waals surface area contributed by atoms with E-state index in [1.54, 1.807) is 30.0 Å². The van der Waals surface area contributed by atoms with E-state index in [1.165, 1.54) is 0 Å². The predicted octanol–water partition coefficient (Wildman–Crippen LogP) is 4.40. The summed E-state index contributed by atoms with van der Waals surface area (Å²) in [6.45, 7) is 10.4. The summed E-state index contributed by atoms with van der Waals surface area (Å²) in [6.07, 6.45) is 0. The molecule has 0 saturated carbocycles. The van der Waals surface area contributed by atoms with Crippen LogP contribution < -0.4 is 5.32 Å². The topological polar surface area (TPSA) is 82.2 Å². The molecule has 0 bridgehead atoms. The maximum atomic E-state index is 13.3. The number of nitrogens with zero attached hydrogens (tertiary/aromatic N) is 3. The first-order valence-electron chi connectivity index (χ1n) is 13.1. The smallest absolute Gasteiger partial charge is 0.338 e. The Balaban J connectivity index is 1.64. The van der Waals surface area contributed by atoms with Crippen LogP contribution in [0.4, 0.5) is 4.79 Å². The van der Waals surface area contributed by atoms with E-state index in [0.29, 0.717) is 54.6 Å². The van der Waals surface area contributed by atoms with Gasteiger partial charge in [0.1, 0.15) is 0 Å². The third-order valence-corrected chi connectivity index (χ3v) is 7.41. The average Bonchev–Trinajstić information content (AvgIpc) is 2.88. The molecular weight excluding hydrogens is 504 g/mol. The van der Waals surface area contributed by atoms with Crippen LogP contribution in [0, 0.1) is 6.92 Å². The van der Waals surface area contributed by atoms with Gasteiger partial charge in [0.25, 0.3) is 5.91 Å². The number of hydrogen-bond acceptors (Lipinski definition) is 5. The van der Waals surface area contributed by atoms with Crippen molar-refractivity contribution in [1.29, 1.82) is 0 Å². The number of piperazine rings is 1. The lowest BCUT2D eigenvalue weighted by Gasteiger charge is -2.43. The van der Waals surface area contributed by atoms with E-state index in [1.807, 2.05) is 56.0 Å². The van der Waals surface area contributed by atoms with Gasteiger partial charge in [-0.2, -0.15) is 0 Å². The third kappa shape index (κ3) is 5.71. The second-order valence-electron chi connectivity index (χ2n) is 9.68. The average molecular weight is 539 g/mol. The summed E-state index contributed by atoms with van der Waals surface area (Å²) in [5.74, 6) is -0.533. The van der Waals surface area contributed by atoms with E-state index < -0.39 is 12.0 Å². The Bertz CT molecular complexity index is 1250. The van der Waals surface area contributed by atoms with Crippen molar-refractivity contribution < 1.29 is 19.1 Å². The van der Waals surface area contributed by atoms with Crippen molar-refractivity contribution in [3.05, 3.63) is 81.5 Å². The van der Waals surface area contributed by atoms with Crippen molar-refractivity contribution in [1.82, 2.24) is 20.0 Å². The Morgan fingerprint density at radius 3 is 2.53 bits per heavy atom. The van der Waals surface area contributed by atoms with E-state index in [9.17, 15) is 14.4 Å². The van der Waals surface area contributed by atoms with E-state index >= 15 is 0 Å². The Hall–Kier alpha value is -3.36. The van der Waals surface area contributed by atoms with E-state index in [4.69, 9.17) is 16.3 Å². The number of rotatable bonds is 7. The number of halogens is 1. The van der Waals surface area contributed by atoms with Crippen LogP contribution in [0.5, 0.6) is 0 Å². The molecule has 9 heteroatoms. The Labute approximate surface area is 229 Å². The van der Waals surface area contributed by atoms with Crippen LogP contribution >= 0.6 is 11.6 Å². The molecule has 0 aliphatic carbocycles. The predicted molar refractivity (Wildman–Crippen MR) is 147 cm³/mol. The molecule has 0 spiro atoms. The van der Waals surface area contributed by atoms with Crippen LogP contribution in [-0.4, -0.2) is 78.0 Å². The maximum absolute atomic E-state index is 13.3. The third-order valence-electron chi connectivity index (χ3n) is 7.08. The molecule has 0 unspecified atom stereocenters. The summed E-state index contributed by atoms with van der Waals surface area (Å²) in [5, 5.41) is 3.45. The van der Waals surface area contributed by atoms with Gasteiger partial charge >= 0.3 is 12.0 Å². The summed E-state index contributed by atoms with van der Waals surface area (Å²) in [5.41, 5.74) is 3.44. The number of esters is 1. The molecule has 2 atom stereocenters. The van der Waals surface area contributed by atoms with Crippen molar-refractivity contribution in [2.24, 2.45) is 0 Å². The van der Waals surface area contributed by atoms with Crippen molar-refractivity contribution >= 4 is 29.5 Å². The lowest BCUT2D eigenvalue weighted by atomic mass is 9.93. The number of aryl methyl sites for hydroxylation is 1. The summed E-state index contributed by atoms with van der Waals surface area (Å²) in [7, 11) is 0. The molecule has 2 aromatic carbocycles. The van der Waals surface area contributed by atoms with Crippen molar-refractivity contribution in [2.45, 2.75) is 39.8 Å². The van der Waals surface area contributed by atoms with E-state index in [2.05, 4.69) is 10.2 Å². The lowest BCUT2D eigenvalue weighted by molar-refractivity contribution is -0.139. The monoisotopic (exact) mass is 538 g/mol. The highest BCUT2D eigenvalue weighted by atomic mass is 35.5. The summed E-state index contributed by atoms with van der Waals surface area (Å²) < 4.78 is 5.48. The molecule has 38 heavy (non-hydrogen) atoms. The minimum atomic E-state index is -0.611. The zero-order valence-corrected chi connectivity index (χ0v) is 23.1. The number of amides is 3. The van der Waals surface area contributed by atoms with Crippen LogP contribution in [0.2, 0.25) is 5.02 Å². The summed E-state index contributed by atoms with van der Waals surface area (Å²) in [4.78, 5) is 45.4. The Kier molecular flexibility index (Phi) is 8.74. The van der Waals surface area contributed by atoms with Gasteiger partial charge in [-0.15, -0.1) is 0 Å². The van der Waals surface area contributed by atoms with Crippen molar-refractivity contribution in [3.63, 3.8) is 0 Å². The number of benzene rings is 2. The number of urea groups is 1. The highest BCUT2D eigenvalue weighted by Gasteiger charge is 2.39. The fourth-order valence-electron chi connectivity index (χ4n) is 5.24. The number of likely N-dealkylation sites (N-methyl/N-ethyl adjacent to an activating group) is 1. The molecule has 2 aromatic rings. The largest absolute Gasteiger partial charge is 0.463 e. The highest BCUT2D eigenvalue weighted by Crippen LogP contribution is 2.33. The van der Waals surface area contributed by atoms with Crippen molar-refractivity contribution in [2.75, 3.05) is 39.3 Å². The van der Waals surface area contributed by atoms with Gasteiger partial charge in [0.15, 0.2) is 0 Å². The molecule has 2 heterocycles. The molecule has 1 saturated heterocycles. The van der Waals surface area contributed by atoms with E-state index in [-0.39, 0.29) is 24.6 Å². The molecular formula is C29H35ClN4O4. The van der Waals surface area contributed by atoms with Crippen LogP contribution in [0.1, 0.15) is 48.3 Å². The van der Waals surface area contributed by atoms with Gasteiger partial charge in [0.05, 0.1) is 28.8 Å². The van der Waals surface area contributed by atoms with Gasteiger partial charge in [0, 0.05) is 44.5 Å². The summed E-state index contributed by atoms with van der Waals surface area (Å²) >= 11 is 6.28. The molecule has 0 aromatic heterocycles. The van der Waals surface area contributed by atoms with Crippen LogP contribution in [0.15, 0.2) is 59.8 Å². The number of nitrogens with one attached hydrogen (secondary N) is 1.